The Morgan fingerprint density at radius 3 is 2.65 bits per heavy atom. The van der Waals surface area contributed by atoms with Crippen LogP contribution in [0.15, 0.2) is 18.2 Å². The predicted molar refractivity (Wildman–Crippen MR) is 114 cm³/mol. The number of benzene rings is 1. The van der Waals surface area contributed by atoms with E-state index in [4.69, 9.17) is 9.47 Å². The van der Waals surface area contributed by atoms with E-state index >= 15 is 0 Å². The fourth-order valence-electron chi connectivity index (χ4n) is 5.49. The fourth-order valence-corrected chi connectivity index (χ4v) is 5.49. The number of hydrogen-bond acceptors (Lipinski definition) is 5. The molecule has 0 bridgehead atoms. The molecule has 31 heavy (non-hydrogen) atoms. The second-order valence-electron chi connectivity index (χ2n) is 9.95. The van der Waals surface area contributed by atoms with Crippen molar-refractivity contribution in [1.82, 2.24) is 15.5 Å². The number of fused-ring (bicyclic) bond motifs is 1. The van der Waals surface area contributed by atoms with Crippen LogP contribution in [0, 0.1) is 11.3 Å². The third kappa shape index (κ3) is 4.20. The molecule has 3 unspecified atom stereocenters. The summed E-state index contributed by atoms with van der Waals surface area (Å²) in [5, 5.41) is 5.78. The van der Waals surface area contributed by atoms with Gasteiger partial charge in [0.15, 0.2) is 11.5 Å². The molecule has 2 fully saturated rings. The van der Waals surface area contributed by atoms with E-state index in [1.807, 2.05) is 25.1 Å². The quantitative estimate of drug-likeness (QED) is 0.718. The van der Waals surface area contributed by atoms with Crippen molar-refractivity contribution in [3.05, 3.63) is 23.8 Å². The Kier molecular flexibility index (Phi) is 5.35. The average Bonchev–Trinajstić information content (AvgIpc) is 2.89. The van der Waals surface area contributed by atoms with Gasteiger partial charge in [0.05, 0.1) is 6.04 Å². The van der Waals surface area contributed by atoms with Crippen LogP contribution in [0.25, 0.3) is 0 Å². The maximum absolute atomic E-state index is 13.2. The molecule has 0 aromatic heterocycles. The first-order valence-corrected chi connectivity index (χ1v) is 10.9. The summed E-state index contributed by atoms with van der Waals surface area (Å²) in [5.74, 6) is 0.972. The standard InChI is InChI=1S/C23H31N3O5/c1-14-10-22(3,4)13-23(11-14)20(28)26(21(29)25-23)12-19(27)24-15(2)16-5-6-17-18(9-16)31-8-7-30-17/h5-6,9,14-15H,7-8,10-13H2,1-4H3,(H,24,27)(H,25,29). The van der Waals surface area contributed by atoms with Crippen LogP contribution in [-0.2, 0) is 9.59 Å². The number of imide groups is 1. The molecule has 1 aromatic rings. The topological polar surface area (TPSA) is 97.0 Å². The number of urea groups is 1. The Labute approximate surface area is 182 Å². The number of nitrogens with zero attached hydrogens (tertiary/aromatic N) is 1. The van der Waals surface area contributed by atoms with Crippen molar-refractivity contribution in [2.45, 2.75) is 58.5 Å². The summed E-state index contributed by atoms with van der Waals surface area (Å²) >= 11 is 0. The summed E-state index contributed by atoms with van der Waals surface area (Å²) < 4.78 is 11.1. The molecule has 2 heterocycles. The Morgan fingerprint density at radius 1 is 1.23 bits per heavy atom. The molecule has 1 saturated carbocycles. The molecule has 168 valence electrons. The van der Waals surface area contributed by atoms with Gasteiger partial charge in [0, 0.05) is 0 Å². The molecular formula is C23H31N3O5. The van der Waals surface area contributed by atoms with Crippen molar-refractivity contribution < 1.29 is 23.9 Å². The van der Waals surface area contributed by atoms with Gasteiger partial charge in [-0.3, -0.25) is 14.5 Å². The maximum atomic E-state index is 13.2. The van der Waals surface area contributed by atoms with E-state index in [1.54, 1.807) is 0 Å². The highest BCUT2D eigenvalue weighted by atomic mass is 16.6. The average molecular weight is 430 g/mol. The zero-order valence-electron chi connectivity index (χ0n) is 18.6. The van der Waals surface area contributed by atoms with Crippen LogP contribution in [0.1, 0.15) is 58.6 Å². The van der Waals surface area contributed by atoms with E-state index in [0.717, 1.165) is 16.9 Å². The van der Waals surface area contributed by atoms with Crippen molar-refractivity contribution >= 4 is 17.8 Å². The predicted octanol–water partition coefficient (Wildman–Crippen LogP) is 2.77. The molecule has 1 aliphatic carbocycles. The third-order valence-corrected chi connectivity index (χ3v) is 6.37. The lowest BCUT2D eigenvalue weighted by Crippen LogP contribution is -2.54. The van der Waals surface area contributed by atoms with Crippen molar-refractivity contribution in [1.29, 1.82) is 0 Å². The minimum Gasteiger partial charge on any atom is -0.486 e. The minimum atomic E-state index is -0.903. The molecule has 1 aromatic carbocycles. The summed E-state index contributed by atoms with van der Waals surface area (Å²) in [6.45, 7) is 8.90. The third-order valence-electron chi connectivity index (χ3n) is 6.37. The lowest BCUT2D eigenvalue weighted by molar-refractivity contribution is -0.137. The molecule has 2 aliphatic heterocycles. The lowest BCUT2D eigenvalue weighted by Gasteiger charge is -2.43. The first-order chi connectivity index (χ1) is 14.6. The summed E-state index contributed by atoms with van der Waals surface area (Å²) in [7, 11) is 0. The molecule has 3 atom stereocenters. The van der Waals surface area contributed by atoms with E-state index in [2.05, 4.69) is 31.4 Å². The van der Waals surface area contributed by atoms with Gasteiger partial charge in [-0.2, -0.15) is 0 Å². The Balaban J connectivity index is 1.41. The highest BCUT2D eigenvalue weighted by Crippen LogP contribution is 2.46. The molecule has 2 N–H and O–H groups in total. The van der Waals surface area contributed by atoms with Crippen LogP contribution in [0.3, 0.4) is 0 Å². The number of nitrogens with one attached hydrogen (secondary N) is 2. The van der Waals surface area contributed by atoms with Crippen LogP contribution < -0.4 is 20.1 Å². The molecular weight excluding hydrogens is 398 g/mol. The van der Waals surface area contributed by atoms with Gasteiger partial charge in [0.25, 0.3) is 5.91 Å². The molecule has 0 radical (unpaired) electrons. The number of carbonyl (C=O) groups excluding carboxylic acids is 3. The number of carbonyl (C=O) groups is 3. The smallest absolute Gasteiger partial charge is 0.325 e. The van der Waals surface area contributed by atoms with Gasteiger partial charge in [-0.05, 0) is 55.2 Å². The van der Waals surface area contributed by atoms with Crippen molar-refractivity contribution in [3.63, 3.8) is 0 Å². The summed E-state index contributed by atoms with van der Waals surface area (Å²) in [5.41, 5.74) is -0.0971. The van der Waals surface area contributed by atoms with Crippen molar-refractivity contribution in [2.24, 2.45) is 11.3 Å². The number of hydrogen-bond donors (Lipinski definition) is 2. The monoisotopic (exact) mass is 429 g/mol. The Bertz CT molecular complexity index is 914. The van der Waals surface area contributed by atoms with Crippen LogP contribution in [0.2, 0.25) is 0 Å². The largest absolute Gasteiger partial charge is 0.486 e. The maximum Gasteiger partial charge on any atom is 0.325 e. The number of ether oxygens (including phenoxy) is 2. The van der Waals surface area contributed by atoms with Crippen molar-refractivity contribution in [3.8, 4) is 11.5 Å². The second-order valence-corrected chi connectivity index (χ2v) is 9.95. The van der Waals surface area contributed by atoms with Crippen LogP contribution >= 0.6 is 0 Å². The van der Waals surface area contributed by atoms with Gasteiger partial charge in [-0.25, -0.2) is 4.79 Å². The SMILES string of the molecule is CC1CC(C)(C)CC2(C1)NC(=O)N(CC(=O)NC(C)c1ccc3c(c1)OCCO3)C2=O. The van der Waals surface area contributed by atoms with E-state index in [9.17, 15) is 14.4 Å². The number of rotatable bonds is 4. The zero-order chi connectivity index (χ0) is 22.4. The van der Waals surface area contributed by atoms with Crippen LogP contribution in [0.5, 0.6) is 11.5 Å². The second kappa shape index (κ2) is 7.73. The van der Waals surface area contributed by atoms with E-state index < -0.39 is 11.6 Å². The van der Waals surface area contributed by atoms with Gasteiger partial charge in [0.1, 0.15) is 25.3 Å². The Hall–Kier alpha value is -2.77. The van der Waals surface area contributed by atoms with Gasteiger partial charge in [-0.1, -0.05) is 26.8 Å². The van der Waals surface area contributed by atoms with E-state index in [0.29, 0.717) is 43.5 Å². The number of amides is 4. The molecule has 3 aliphatic rings. The highest BCUT2D eigenvalue weighted by molar-refractivity contribution is 6.09. The zero-order valence-corrected chi connectivity index (χ0v) is 18.6. The first kappa shape index (κ1) is 21.5. The van der Waals surface area contributed by atoms with Gasteiger partial charge in [-0.15, -0.1) is 0 Å². The lowest BCUT2D eigenvalue weighted by atomic mass is 9.64. The van der Waals surface area contributed by atoms with Gasteiger partial charge >= 0.3 is 6.03 Å². The highest BCUT2D eigenvalue weighted by Gasteiger charge is 2.56. The van der Waals surface area contributed by atoms with Crippen LogP contribution in [-0.4, -0.2) is 48.0 Å². The van der Waals surface area contributed by atoms with E-state index in [-0.39, 0.29) is 29.8 Å². The fraction of sp³-hybridized carbons (Fsp3) is 0.609. The molecule has 4 rings (SSSR count). The normalized spacial score (nSPS) is 27.7. The summed E-state index contributed by atoms with van der Waals surface area (Å²) in [6, 6.07) is 4.73. The molecule has 8 nitrogen and oxygen atoms in total. The van der Waals surface area contributed by atoms with Crippen molar-refractivity contribution in [2.75, 3.05) is 19.8 Å². The van der Waals surface area contributed by atoms with E-state index in [1.165, 1.54) is 0 Å². The Morgan fingerprint density at radius 2 is 1.94 bits per heavy atom. The first-order valence-electron chi connectivity index (χ1n) is 10.9. The van der Waals surface area contributed by atoms with Gasteiger partial charge < -0.3 is 20.1 Å². The molecule has 1 saturated heterocycles. The molecule has 8 heteroatoms. The van der Waals surface area contributed by atoms with Gasteiger partial charge in [0.2, 0.25) is 5.91 Å². The molecule has 4 amide bonds. The molecule has 1 spiro atoms. The summed E-state index contributed by atoms with van der Waals surface area (Å²) in [4.78, 5) is 39.6. The minimum absolute atomic E-state index is 0.0500. The van der Waals surface area contributed by atoms with Crippen LogP contribution in [0.4, 0.5) is 4.79 Å². The summed E-state index contributed by atoms with van der Waals surface area (Å²) in [6.07, 6.45) is 2.19.